The molecule has 1 heterocycles. The molecule has 3 rings (SSSR count). The summed E-state index contributed by atoms with van der Waals surface area (Å²) in [6, 6.07) is 18.8. The second kappa shape index (κ2) is 9.54. The van der Waals surface area contributed by atoms with Crippen molar-refractivity contribution in [2.24, 2.45) is 0 Å². The van der Waals surface area contributed by atoms with Crippen LogP contribution < -0.4 is 0 Å². The number of unbranched alkanes of at least 4 members (excludes halogenated alkanes) is 5. The Kier molecular flexibility index (Phi) is 6.84. The molecule has 2 atom stereocenters. The lowest BCUT2D eigenvalue weighted by molar-refractivity contribution is -0.138. The van der Waals surface area contributed by atoms with E-state index in [0.29, 0.717) is 0 Å². The zero-order valence-electron chi connectivity index (χ0n) is 15.3. The fourth-order valence-corrected chi connectivity index (χ4v) is 3.57. The van der Waals surface area contributed by atoms with Crippen molar-refractivity contribution in [3.63, 3.8) is 0 Å². The van der Waals surface area contributed by atoms with Crippen molar-refractivity contribution in [1.29, 1.82) is 0 Å². The molecule has 0 spiro atoms. The average molecular weight is 352 g/mol. The fourth-order valence-electron chi connectivity index (χ4n) is 3.57. The van der Waals surface area contributed by atoms with Crippen molar-refractivity contribution < 1.29 is 14.6 Å². The predicted molar refractivity (Wildman–Crippen MR) is 103 cm³/mol. The third-order valence-corrected chi connectivity index (χ3v) is 5.10. The van der Waals surface area contributed by atoms with Gasteiger partial charge in [-0.05, 0) is 42.4 Å². The van der Waals surface area contributed by atoms with E-state index < -0.39 is 12.1 Å². The molecule has 138 valence electrons. The third kappa shape index (κ3) is 5.43. The van der Waals surface area contributed by atoms with Gasteiger partial charge in [0, 0.05) is 0 Å². The van der Waals surface area contributed by atoms with Gasteiger partial charge >= 0.3 is 5.97 Å². The van der Waals surface area contributed by atoms with Gasteiger partial charge in [0.05, 0.1) is 0 Å². The van der Waals surface area contributed by atoms with E-state index in [-0.39, 0.29) is 6.10 Å². The van der Waals surface area contributed by atoms with Gasteiger partial charge in [0.15, 0.2) is 6.10 Å². The topological polar surface area (TPSA) is 49.8 Å². The number of ether oxygens (including phenoxy) is 1. The van der Waals surface area contributed by atoms with Gasteiger partial charge in [-0.15, -0.1) is 0 Å². The first-order valence-corrected chi connectivity index (χ1v) is 9.75. The van der Waals surface area contributed by atoms with E-state index in [0.717, 1.165) is 18.4 Å². The van der Waals surface area contributed by atoms with E-state index in [1.807, 2.05) is 18.2 Å². The normalized spacial score (nSPS) is 18.6. The molecule has 3 nitrogen and oxygen atoms in total. The van der Waals surface area contributed by atoms with Gasteiger partial charge in [-0.3, -0.25) is 0 Å². The third-order valence-electron chi connectivity index (χ3n) is 5.10. The molecule has 1 fully saturated rings. The Bertz CT molecular complexity index is 696. The number of carboxylic acids is 1. The summed E-state index contributed by atoms with van der Waals surface area (Å²) in [4.78, 5) is 11.0. The first-order chi connectivity index (χ1) is 12.8. The van der Waals surface area contributed by atoms with Crippen LogP contribution in [0.3, 0.4) is 0 Å². The van der Waals surface area contributed by atoms with Crippen LogP contribution in [0.5, 0.6) is 0 Å². The van der Waals surface area contributed by atoms with Crippen LogP contribution in [0.25, 0.3) is 0 Å². The molecule has 2 aromatic rings. The highest BCUT2D eigenvalue weighted by molar-refractivity contribution is 5.76. The summed E-state index contributed by atoms with van der Waals surface area (Å²) in [6.07, 6.45) is 8.79. The molecular formula is C23H28O3. The Morgan fingerprint density at radius 3 is 2.12 bits per heavy atom. The monoisotopic (exact) mass is 352 g/mol. The smallest absolute Gasteiger partial charge is 0.335 e. The first kappa shape index (κ1) is 18.7. The number of epoxide rings is 1. The lowest BCUT2D eigenvalue weighted by atomic mass is 9.97. The Morgan fingerprint density at radius 1 is 0.808 bits per heavy atom. The number of benzene rings is 2. The highest BCUT2D eigenvalue weighted by Gasteiger charge is 2.47. The van der Waals surface area contributed by atoms with Gasteiger partial charge in [0.25, 0.3) is 0 Å². The van der Waals surface area contributed by atoms with Crippen molar-refractivity contribution in [1.82, 2.24) is 0 Å². The Labute approximate surface area is 156 Å². The summed E-state index contributed by atoms with van der Waals surface area (Å²) in [5, 5.41) is 9.04. The van der Waals surface area contributed by atoms with Crippen LogP contribution in [-0.4, -0.2) is 17.2 Å². The van der Waals surface area contributed by atoms with Gasteiger partial charge in [0.2, 0.25) is 0 Å². The molecule has 0 saturated carbocycles. The summed E-state index contributed by atoms with van der Waals surface area (Å²) in [5.41, 5.74) is 3.74. The molecule has 0 aromatic heterocycles. The van der Waals surface area contributed by atoms with Crippen molar-refractivity contribution in [2.75, 3.05) is 0 Å². The van der Waals surface area contributed by atoms with Crippen LogP contribution in [0.4, 0.5) is 0 Å². The van der Waals surface area contributed by atoms with E-state index in [4.69, 9.17) is 9.84 Å². The number of aryl methyl sites for hydroxylation is 2. The van der Waals surface area contributed by atoms with Crippen LogP contribution in [0.15, 0.2) is 54.6 Å². The van der Waals surface area contributed by atoms with Crippen LogP contribution in [-0.2, 0) is 22.4 Å². The van der Waals surface area contributed by atoms with Crippen LogP contribution in [0.1, 0.15) is 61.3 Å². The number of carbonyl (C=O) groups is 1. The molecule has 0 radical (unpaired) electrons. The number of hydrogen-bond acceptors (Lipinski definition) is 2. The lowest BCUT2D eigenvalue weighted by Crippen LogP contribution is -2.06. The molecule has 26 heavy (non-hydrogen) atoms. The SMILES string of the molecule is O=C(O)[C@@H]1O[C@H]1c1ccccc1CCCCCCCCc1ccccc1. The summed E-state index contributed by atoms with van der Waals surface area (Å²) in [5.74, 6) is -0.861. The second-order valence-electron chi connectivity index (χ2n) is 7.12. The van der Waals surface area contributed by atoms with E-state index >= 15 is 0 Å². The fraction of sp³-hybridized carbons (Fsp3) is 0.435. The number of hydrogen-bond donors (Lipinski definition) is 1. The molecule has 1 aliphatic rings. The highest BCUT2D eigenvalue weighted by Crippen LogP contribution is 2.40. The lowest BCUT2D eigenvalue weighted by Gasteiger charge is -2.07. The molecule has 1 N–H and O–H groups in total. The van der Waals surface area contributed by atoms with Gasteiger partial charge in [-0.25, -0.2) is 4.79 Å². The standard InChI is InChI=1S/C23H28O3/c24-23(25)22-21(26-22)20-17-11-10-16-19(20)15-9-4-2-1-3-6-12-18-13-7-5-8-14-18/h5,7-8,10-11,13-14,16-17,21-22H,1-4,6,9,12,15H2,(H,24,25)/t21-,22+/m0/s1. The second-order valence-corrected chi connectivity index (χ2v) is 7.12. The summed E-state index contributed by atoms with van der Waals surface area (Å²) in [6.45, 7) is 0. The van der Waals surface area contributed by atoms with Crippen molar-refractivity contribution in [3.05, 3.63) is 71.3 Å². The van der Waals surface area contributed by atoms with Gasteiger partial charge in [0.1, 0.15) is 6.10 Å². The number of rotatable bonds is 11. The van der Waals surface area contributed by atoms with Crippen molar-refractivity contribution >= 4 is 5.97 Å². The summed E-state index contributed by atoms with van der Waals surface area (Å²) < 4.78 is 5.31. The maximum Gasteiger partial charge on any atom is 0.335 e. The number of aliphatic carboxylic acids is 1. The van der Waals surface area contributed by atoms with Crippen LogP contribution in [0.2, 0.25) is 0 Å². The van der Waals surface area contributed by atoms with Gasteiger partial charge < -0.3 is 9.84 Å². The minimum Gasteiger partial charge on any atom is -0.479 e. The minimum atomic E-state index is -0.861. The van der Waals surface area contributed by atoms with Gasteiger partial charge in [-0.1, -0.05) is 80.3 Å². The molecule has 0 amide bonds. The Hall–Kier alpha value is -2.13. The molecule has 3 heteroatoms. The van der Waals surface area contributed by atoms with Crippen molar-refractivity contribution in [2.45, 2.75) is 63.6 Å². The summed E-state index contributed by atoms with van der Waals surface area (Å²) in [7, 11) is 0. The molecule has 0 bridgehead atoms. The highest BCUT2D eigenvalue weighted by atomic mass is 16.6. The molecule has 0 unspecified atom stereocenters. The van der Waals surface area contributed by atoms with E-state index in [9.17, 15) is 4.79 Å². The molecular weight excluding hydrogens is 324 g/mol. The maximum absolute atomic E-state index is 11.0. The van der Waals surface area contributed by atoms with Crippen LogP contribution in [0, 0.1) is 0 Å². The molecule has 2 aromatic carbocycles. The Morgan fingerprint density at radius 2 is 1.42 bits per heavy atom. The predicted octanol–water partition coefficient (Wildman–Crippen LogP) is 5.34. The minimum absolute atomic E-state index is 0.248. The van der Waals surface area contributed by atoms with E-state index in [1.165, 1.54) is 49.7 Å². The van der Waals surface area contributed by atoms with Gasteiger partial charge in [-0.2, -0.15) is 0 Å². The first-order valence-electron chi connectivity index (χ1n) is 9.75. The van der Waals surface area contributed by atoms with Crippen molar-refractivity contribution in [3.8, 4) is 0 Å². The Balaban J connectivity index is 1.30. The van der Waals surface area contributed by atoms with Crippen LogP contribution >= 0.6 is 0 Å². The molecule has 1 aliphatic heterocycles. The largest absolute Gasteiger partial charge is 0.479 e. The van der Waals surface area contributed by atoms with E-state index in [2.05, 4.69) is 36.4 Å². The average Bonchev–Trinajstić information content (AvgIpc) is 3.46. The summed E-state index contributed by atoms with van der Waals surface area (Å²) >= 11 is 0. The van der Waals surface area contributed by atoms with E-state index in [1.54, 1.807) is 0 Å². The zero-order chi connectivity index (χ0) is 18.2. The number of carboxylic acid groups (broad SMARTS) is 1. The molecule has 1 saturated heterocycles. The quantitative estimate of drug-likeness (QED) is 0.439. The maximum atomic E-state index is 11.0. The molecule has 0 aliphatic carbocycles. The zero-order valence-corrected chi connectivity index (χ0v) is 15.3.